The maximum atomic E-state index is 11.3. The van der Waals surface area contributed by atoms with E-state index >= 15 is 0 Å². The van der Waals surface area contributed by atoms with Gasteiger partial charge in [-0.15, -0.1) is 0 Å². The van der Waals surface area contributed by atoms with Crippen LogP contribution in [0.3, 0.4) is 0 Å². The molecule has 0 amide bonds. The minimum absolute atomic E-state index is 0.178. The maximum Gasteiger partial charge on any atom is 0.191 e. The van der Waals surface area contributed by atoms with Crippen molar-refractivity contribution in [2.45, 2.75) is 4.90 Å². The summed E-state index contributed by atoms with van der Waals surface area (Å²) < 4.78 is 23.4. The molecule has 0 N–H and O–H groups in total. The Morgan fingerprint density at radius 3 is 2.31 bits per heavy atom. The molecule has 1 aromatic rings. The summed E-state index contributed by atoms with van der Waals surface area (Å²) >= 11 is 3.19. The Kier molecular flexibility index (Phi) is 3.07. The first-order chi connectivity index (χ1) is 6.06. The van der Waals surface area contributed by atoms with Crippen molar-refractivity contribution in [3.05, 3.63) is 28.7 Å². The van der Waals surface area contributed by atoms with Crippen molar-refractivity contribution in [2.75, 3.05) is 5.75 Å². The van der Waals surface area contributed by atoms with Gasteiger partial charge in [0.2, 0.25) is 0 Å². The van der Waals surface area contributed by atoms with Crippen LogP contribution in [0.2, 0.25) is 0 Å². The molecule has 68 valence electrons. The van der Waals surface area contributed by atoms with Crippen molar-refractivity contribution in [1.82, 2.24) is 0 Å². The zero-order chi connectivity index (χ0) is 9.90. The van der Waals surface area contributed by atoms with Gasteiger partial charge >= 0.3 is 0 Å². The van der Waals surface area contributed by atoms with E-state index in [9.17, 15) is 8.42 Å². The maximum absolute atomic E-state index is 11.3. The van der Waals surface area contributed by atoms with Crippen LogP contribution < -0.4 is 0 Å². The fourth-order valence-corrected chi connectivity index (χ4v) is 1.96. The van der Waals surface area contributed by atoms with Gasteiger partial charge in [0.25, 0.3) is 0 Å². The van der Waals surface area contributed by atoms with E-state index in [-0.39, 0.29) is 4.90 Å². The highest BCUT2D eigenvalue weighted by molar-refractivity contribution is 9.10. The van der Waals surface area contributed by atoms with Crippen LogP contribution >= 0.6 is 15.9 Å². The largest absolute Gasteiger partial charge is 0.223 e. The molecule has 0 atom stereocenters. The van der Waals surface area contributed by atoms with Gasteiger partial charge in [-0.05, 0) is 24.3 Å². The number of nitrogens with zero attached hydrogens (tertiary/aromatic N) is 1. The molecule has 0 saturated heterocycles. The van der Waals surface area contributed by atoms with Gasteiger partial charge in [-0.25, -0.2) is 8.42 Å². The van der Waals surface area contributed by atoms with Crippen molar-refractivity contribution in [1.29, 1.82) is 5.26 Å². The van der Waals surface area contributed by atoms with Crippen LogP contribution in [-0.2, 0) is 9.84 Å². The van der Waals surface area contributed by atoms with Gasteiger partial charge in [-0.2, -0.15) is 5.26 Å². The summed E-state index contributed by atoms with van der Waals surface area (Å²) in [4.78, 5) is 0.178. The third-order valence-corrected chi connectivity index (χ3v) is 3.46. The Labute approximate surface area is 85.0 Å². The smallest absolute Gasteiger partial charge is 0.191 e. The molecule has 13 heavy (non-hydrogen) atoms. The third kappa shape index (κ3) is 2.54. The summed E-state index contributed by atoms with van der Waals surface area (Å²) in [6.07, 6.45) is 0. The van der Waals surface area contributed by atoms with Gasteiger partial charge in [0.1, 0.15) is 5.75 Å². The predicted octanol–water partition coefficient (Wildman–Crippen LogP) is 1.75. The standard InChI is InChI=1S/C8H6BrNO2S/c9-7-1-3-8(4-2-7)13(11,12)6-5-10/h1-4H,6H2. The molecular formula is C8H6BrNO2S. The Balaban J connectivity index is 3.11. The lowest BCUT2D eigenvalue weighted by molar-refractivity contribution is 0.599. The van der Waals surface area contributed by atoms with E-state index in [1.54, 1.807) is 18.2 Å². The summed E-state index contributed by atoms with van der Waals surface area (Å²) in [7, 11) is -3.41. The van der Waals surface area contributed by atoms with E-state index in [1.165, 1.54) is 12.1 Å². The van der Waals surface area contributed by atoms with Crippen LogP contribution in [0.4, 0.5) is 0 Å². The van der Waals surface area contributed by atoms with E-state index < -0.39 is 15.6 Å². The van der Waals surface area contributed by atoms with Crippen LogP contribution in [-0.4, -0.2) is 14.2 Å². The Bertz CT molecular complexity index is 430. The molecule has 0 unspecified atom stereocenters. The van der Waals surface area contributed by atoms with Crippen LogP contribution in [0.1, 0.15) is 0 Å². The fourth-order valence-electron chi connectivity index (χ4n) is 0.810. The number of nitriles is 1. The van der Waals surface area contributed by atoms with Crippen molar-refractivity contribution >= 4 is 25.8 Å². The van der Waals surface area contributed by atoms with Gasteiger partial charge in [-0.3, -0.25) is 0 Å². The quantitative estimate of drug-likeness (QED) is 0.813. The molecule has 0 aromatic heterocycles. The monoisotopic (exact) mass is 259 g/mol. The summed E-state index contributed by atoms with van der Waals surface area (Å²) in [6, 6.07) is 7.82. The van der Waals surface area contributed by atoms with Gasteiger partial charge in [0.05, 0.1) is 11.0 Å². The minimum atomic E-state index is -3.41. The average molecular weight is 260 g/mol. The minimum Gasteiger partial charge on any atom is -0.223 e. The number of halogens is 1. The van der Waals surface area contributed by atoms with E-state index in [0.29, 0.717) is 0 Å². The Morgan fingerprint density at radius 2 is 1.85 bits per heavy atom. The first-order valence-electron chi connectivity index (χ1n) is 3.41. The predicted molar refractivity (Wildman–Crippen MR) is 51.8 cm³/mol. The van der Waals surface area contributed by atoms with Gasteiger partial charge in [0.15, 0.2) is 9.84 Å². The second-order valence-electron chi connectivity index (χ2n) is 2.37. The molecule has 1 rings (SSSR count). The molecular weight excluding hydrogens is 254 g/mol. The summed E-state index contributed by atoms with van der Waals surface area (Å²) in [6.45, 7) is 0. The molecule has 0 aliphatic heterocycles. The van der Waals surface area contributed by atoms with E-state index in [1.807, 2.05) is 0 Å². The molecule has 5 heteroatoms. The van der Waals surface area contributed by atoms with E-state index in [0.717, 1.165) is 4.47 Å². The van der Waals surface area contributed by atoms with Crippen LogP contribution in [0.25, 0.3) is 0 Å². The molecule has 3 nitrogen and oxygen atoms in total. The first-order valence-corrected chi connectivity index (χ1v) is 5.86. The van der Waals surface area contributed by atoms with Gasteiger partial charge < -0.3 is 0 Å². The lowest BCUT2D eigenvalue weighted by Crippen LogP contribution is -2.04. The van der Waals surface area contributed by atoms with Crippen molar-refractivity contribution in [3.8, 4) is 6.07 Å². The van der Waals surface area contributed by atoms with E-state index in [4.69, 9.17) is 5.26 Å². The fraction of sp³-hybridized carbons (Fsp3) is 0.125. The topological polar surface area (TPSA) is 57.9 Å². The van der Waals surface area contributed by atoms with Crippen LogP contribution in [0, 0.1) is 11.3 Å². The normalized spacial score (nSPS) is 10.8. The number of rotatable bonds is 2. The zero-order valence-corrected chi connectivity index (χ0v) is 8.97. The molecule has 0 saturated carbocycles. The van der Waals surface area contributed by atoms with Crippen LogP contribution in [0.5, 0.6) is 0 Å². The van der Waals surface area contributed by atoms with Crippen molar-refractivity contribution in [2.24, 2.45) is 0 Å². The zero-order valence-electron chi connectivity index (χ0n) is 6.57. The molecule has 1 aromatic carbocycles. The second-order valence-corrected chi connectivity index (χ2v) is 5.28. The van der Waals surface area contributed by atoms with Crippen molar-refractivity contribution in [3.63, 3.8) is 0 Å². The van der Waals surface area contributed by atoms with E-state index in [2.05, 4.69) is 15.9 Å². The third-order valence-electron chi connectivity index (χ3n) is 1.43. The lowest BCUT2D eigenvalue weighted by Gasteiger charge is -1.98. The molecule has 0 heterocycles. The lowest BCUT2D eigenvalue weighted by atomic mass is 10.4. The highest BCUT2D eigenvalue weighted by Gasteiger charge is 2.12. The van der Waals surface area contributed by atoms with Gasteiger partial charge in [0, 0.05) is 4.47 Å². The molecule has 0 spiro atoms. The Hall–Kier alpha value is -0.860. The first kappa shape index (κ1) is 10.2. The molecule has 0 radical (unpaired) electrons. The molecule has 0 fully saturated rings. The average Bonchev–Trinajstić information content (AvgIpc) is 2.05. The van der Waals surface area contributed by atoms with Crippen molar-refractivity contribution < 1.29 is 8.42 Å². The highest BCUT2D eigenvalue weighted by Crippen LogP contribution is 2.15. The van der Waals surface area contributed by atoms with Crippen LogP contribution in [0.15, 0.2) is 33.6 Å². The molecule has 0 aliphatic carbocycles. The number of benzene rings is 1. The SMILES string of the molecule is N#CCS(=O)(=O)c1ccc(Br)cc1. The number of sulfone groups is 1. The molecule has 0 aliphatic rings. The molecule has 0 bridgehead atoms. The summed E-state index contributed by atoms with van der Waals surface area (Å²) in [5.74, 6) is -0.478. The summed E-state index contributed by atoms with van der Waals surface area (Å²) in [5, 5.41) is 8.28. The van der Waals surface area contributed by atoms with Gasteiger partial charge in [-0.1, -0.05) is 15.9 Å². The second kappa shape index (κ2) is 3.90. The summed E-state index contributed by atoms with van der Waals surface area (Å²) in [5.41, 5.74) is 0. The number of hydrogen-bond acceptors (Lipinski definition) is 3. The highest BCUT2D eigenvalue weighted by atomic mass is 79.9. The number of hydrogen-bond donors (Lipinski definition) is 0. The Morgan fingerprint density at radius 1 is 1.31 bits per heavy atom.